The minimum atomic E-state index is -0.569. The molecule has 8 nitrogen and oxygen atoms in total. The quantitative estimate of drug-likeness (QED) is 0.0659. The molecule has 0 aromatic heterocycles. The Morgan fingerprint density at radius 2 is 0.981 bits per heavy atom. The molecule has 2 aromatic rings. The Kier molecular flexibility index (Phi) is 19.0. The lowest BCUT2D eigenvalue weighted by Gasteiger charge is -2.31. The van der Waals surface area contributed by atoms with Gasteiger partial charge in [-0.2, -0.15) is 0 Å². The van der Waals surface area contributed by atoms with Crippen LogP contribution in [-0.2, 0) is 41.4 Å². The molecule has 2 N–H and O–H groups in total. The van der Waals surface area contributed by atoms with E-state index in [9.17, 15) is 9.59 Å². The number of hydrogen-bond acceptors (Lipinski definition) is 8. The predicted molar refractivity (Wildman–Crippen MR) is 215 cm³/mol. The van der Waals surface area contributed by atoms with Gasteiger partial charge in [-0.3, -0.25) is 0 Å². The molecular weight excluding hydrogens is 680 g/mol. The molecule has 2 aliphatic rings. The van der Waals surface area contributed by atoms with E-state index in [-0.39, 0.29) is 36.6 Å². The molecule has 0 amide bonds. The van der Waals surface area contributed by atoms with Crippen LogP contribution in [0, 0.1) is 0 Å². The highest BCUT2D eigenvalue weighted by molar-refractivity contribution is 5.88. The topological polar surface area (TPSA) is 112 Å². The van der Waals surface area contributed by atoms with Crippen molar-refractivity contribution >= 4 is 11.9 Å². The summed E-state index contributed by atoms with van der Waals surface area (Å²) in [5, 5.41) is 18.1. The number of carbonyl (C=O) groups excluding carboxylic acids is 2. The lowest BCUT2D eigenvalue weighted by Crippen LogP contribution is -2.24. The largest absolute Gasteiger partial charge is 0.460 e. The molecule has 2 aliphatic carbocycles. The molecule has 2 fully saturated rings. The van der Waals surface area contributed by atoms with E-state index < -0.39 is 25.2 Å². The standard InChI is InChI=1S/C46H66O8/c1-5-7-9-11-39-29-37(17-23-43(39)35-13-19-41(20-14-35)51-25-27-53-45(49)33(3)31-47)38-18-24-44(40(30-38)12-10-8-6-2)36-15-21-42(22-16-36)52-26-28-54-46(50)34(4)32-48/h17-18,23-24,29-30,35-36,41-42,47-48H,3-16,19-22,25-28,31-32H2,1-2H3. The normalized spacial score (nSPS) is 20.0. The van der Waals surface area contributed by atoms with E-state index in [0.29, 0.717) is 25.0 Å². The Morgan fingerprint density at radius 3 is 1.33 bits per heavy atom. The van der Waals surface area contributed by atoms with Crippen LogP contribution in [0.2, 0.25) is 0 Å². The van der Waals surface area contributed by atoms with E-state index in [4.69, 9.17) is 29.2 Å². The number of aryl methyl sites for hydroxylation is 2. The zero-order valence-electron chi connectivity index (χ0n) is 33.1. The summed E-state index contributed by atoms with van der Waals surface area (Å²) < 4.78 is 22.4. The summed E-state index contributed by atoms with van der Waals surface area (Å²) in [4.78, 5) is 23.5. The van der Waals surface area contributed by atoms with Gasteiger partial charge in [-0.15, -0.1) is 0 Å². The summed E-state index contributed by atoms with van der Waals surface area (Å²) in [6.07, 6.45) is 18.1. The van der Waals surface area contributed by atoms with E-state index in [1.807, 2.05) is 0 Å². The molecule has 0 atom stereocenters. The van der Waals surface area contributed by atoms with E-state index in [1.165, 1.54) is 71.9 Å². The molecule has 0 spiro atoms. The number of esters is 2. The highest BCUT2D eigenvalue weighted by Crippen LogP contribution is 2.40. The van der Waals surface area contributed by atoms with Crippen molar-refractivity contribution in [2.75, 3.05) is 39.6 Å². The molecule has 0 aliphatic heterocycles. The third-order valence-electron chi connectivity index (χ3n) is 11.2. The SMILES string of the molecule is C=C(CO)C(=O)OCCOC1CCC(c2ccc(-c3ccc(C4CCC(OCCOC(=O)C(=C)CO)CC4)c(CCCCC)c3)cc2CCCCC)CC1. The Balaban J connectivity index is 1.39. The van der Waals surface area contributed by atoms with Crippen molar-refractivity contribution in [2.24, 2.45) is 0 Å². The van der Waals surface area contributed by atoms with Gasteiger partial charge in [0.15, 0.2) is 0 Å². The molecule has 2 aromatic carbocycles. The summed E-state index contributed by atoms with van der Waals surface area (Å²) in [6.45, 7) is 11.8. The molecule has 54 heavy (non-hydrogen) atoms. The Labute approximate surface area is 324 Å². The van der Waals surface area contributed by atoms with Crippen LogP contribution in [0.5, 0.6) is 0 Å². The molecular formula is C46H66O8. The van der Waals surface area contributed by atoms with Crippen molar-refractivity contribution < 1.29 is 38.7 Å². The summed E-state index contributed by atoms with van der Waals surface area (Å²) >= 11 is 0. The van der Waals surface area contributed by atoms with Crippen LogP contribution in [-0.4, -0.2) is 74.0 Å². The van der Waals surface area contributed by atoms with Crippen LogP contribution in [0.4, 0.5) is 0 Å². The molecule has 0 saturated heterocycles. The summed E-state index contributed by atoms with van der Waals surface area (Å²) in [6, 6.07) is 14.5. The lowest BCUT2D eigenvalue weighted by atomic mass is 9.78. The van der Waals surface area contributed by atoms with E-state index in [2.05, 4.69) is 63.4 Å². The molecule has 8 heteroatoms. The third-order valence-corrected chi connectivity index (χ3v) is 11.2. The first-order valence-corrected chi connectivity index (χ1v) is 20.7. The van der Waals surface area contributed by atoms with Crippen LogP contribution in [0.25, 0.3) is 11.1 Å². The number of benzene rings is 2. The van der Waals surface area contributed by atoms with Crippen molar-refractivity contribution in [1.29, 1.82) is 0 Å². The number of aliphatic hydroxyl groups excluding tert-OH is 2. The first-order chi connectivity index (χ1) is 26.3. The second-order valence-corrected chi connectivity index (χ2v) is 15.2. The highest BCUT2D eigenvalue weighted by atomic mass is 16.6. The Morgan fingerprint density at radius 1 is 0.593 bits per heavy atom. The smallest absolute Gasteiger partial charge is 0.335 e. The Bertz CT molecular complexity index is 1370. The number of ether oxygens (including phenoxy) is 4. The second-order valence-electron chi connectivity index (χ2n) is 15.2. The van der Waals surface area contributed by atoms with Gasteiger partial charge in [0.1, 0.15) is 13.2 Å². The van der Waals surface area contributed by atoms with E-state index in [1.54, 1.807) is 0 Å². The molecule has 0 heterocycles. The van der Waals surface area contributed by atoms with Crippen molar-refractivity contribution in [3.8, 4) is 11.1 Å². The van der Waals surface area contributed by atoms with Gasteiger partial charge in [0, 0.05) is 0 Å². The molecule has 0 radical (unpaired) electrons. The number of hydrogen-bond donors (Lipinski definition) is 2. The fraction of sp³-hybridized carbons (Fsp3) is 0.609. The maximum Gasteiger partial charge on any atom is 0.335 e. The van der Waals surface area contributed by atoms with Gasteiger partial charge in [0.2, 0.25) is 0 Å². The fourth-order valence-corrected chi connectivity index (χ4v) is 8.04. The van der Waals surface area contributed by atoms with Gasteiger partial charge < -0.3 is 29.2 Å². The number of unbranched alkanes of at least 4 members (excludes halogenated alkanes) is 4. The first-order valence-electron chi connectivity index (χ1n) is 20.7. The van der Waals surface area contributed by atoms with Crippen molar-refractivity contribution in [3.63, 3.8) is 0 Å². The second kappa shape index (κ2) is 23.6. The molecule has 2 saturated carbocycles. The van der Waals surface area contributed by atoms with Crippen molar-refractivity contribution in [1.82, 2.24) is 0 Å². The average Bonchev–Trinajstić information content (AvgIpc) is 3.21. The van der Waals surface area contributed by atoms with Crippen LogP contribution >= 0.6 is 0 Å². The summed E-state index contributed by atoms with van der Waals surface area (Å²) in [5.41, 5.74) is 8.72. The molecule has 0 unspecified atom stereocenters. The number of carbonyl (C=O) groups is 2. The maximum atomic E-state index is 11.7. The number of rotatable bonds is 23. The summed E-state index contributed by atoms with van der Waals surface area (Å²) in [7, 11) is 0. The molecule has 298 valence electrons. The van der Waals surface area contributed by atoms with Crippen LogP contribution in [0.1, 0.15) is 138 Å². The van der Waals surface area contributed by atoms with Gasteiger partial charge in [-0.25, -0.2) is 9.59 Å². The van der Waals surface area contributed by atoms with Crippen LogP contribution in [0.3, 0.4) is 0 Å². The summed E-state index contributed by atoms with van der Waals surface area (Å²) in [5.74, 6) is -0.0943. The van der Waals surface area contributed by atoms with Gasteiger partial charge >= 0.3 is 11.9 Å². The zero-order valence-corrected chi connectivity index (χ0v) is 33.1. The predicted octanol–water partition coefficient (Wildman–Crippen LogP) is 9.09. The minimum absolute atomic E-state index is 0.0606. The number of aliphatic hydroxyl groups is 2. The molecule has 0 bridgehead atoms. The van der Waals surface area contributed by atoms with E-state index in [0.717, 1.165) is 64.2 Å². The fourth-order valence-electron chi connectivity index (χ4n) is 8.04. The van der Waals surface area contributed by atoms with Crippen molar-refractivity contribution in [2.45, 2.75) is 141 Å². The highest BCUT2D eigenvalue weighted by Gasteiger charge is 2.27. The Hall–Kier alpha value is -3.30. The third kappa shape index (κ3) is 13.5. The lowest BCUT2D eigenvalue weighted by molar-refractivity contribution is -0.142. The minimum Gasteiger partial charge on any atom is -0.460 e. The maximum absolute atomic E-state index is 11.7. The van der Waals surface area contributed by atoms with Gasteiger partial charge in [0.25, 0.3) is 0 Å². The monoisotopic (exact) mass is 746 g/mol. The first kappa shape index (κ1) is 43.4. The van der Waals surface area contributed by atoms with Gasteiger partial charge in [0.05, 0.1) is 49.8 Å². The van der Waals surface area contributed by atoms with Crippen LogP contribution < -0.4 is 0 Å². The van der Waals surface area contributed by atoms with Crippen LogP contribution in [0.15, 0.2) is 60.7 Å². The molecule has 4 rings (SSSR count). The van der Waals surface area contributed by atoms with Gasteiger partial charge in [-0.05, 0) is 122 Å². The van der Waals surface area contributed by atoms with Crippen molar-refractivity contribution in [3.05, 3.63) is 83.0 Å². The van der Waals surface area contributed by atoms with Gasteiger partial charge in [-0.1, -0.05) is 89.1 Å². The zero-order chi connectivity index (χ0) is 38.7. The average molecular weight is 747 g/mol. The van der Waals surface area contributed by atoms with E-state index >= 15 is 0 Å².